The van der Waals surface area contributed by atoms with Crippen LogP contribution in [0.5, 0.6) is 0 Å². The summed E-state index contributed by atoms with van der Waals surface area (Å²) in [6.07, 6.45) is 1.78. The first-order chi connectivity index (χ1) is 15.0. The predicted octanol–water partition coefficient (Wildman–Crippen LogP) is 5.62. The summed E-state index contributed by atoms with van der Waals surface area (Å²) in [5.41, 5.74) is 5.48. The molecular formula is C25H27N5O. The Morgan fingerprint density at radius 3 is 2.48 bits per heavy atom. The van der Waals surface area contributed by atoms with Crippen molar-refractivity contribution in [1.29, 1.82) is 0 Å². The number of nitrogens with one attached hydrogen (secondary N) is 1. The minimum Gasteiger partial charge on any atom is -0.373 e. The van der Waals surface area contributed by atoms with Gasteiger partial charge >= 0.3 is 0 Å². The molecule has 0 saturated heterocycles. The number of hydrogen-bond donors (Lipinski definition) is 1. The van der Waals surface area contributed by atoms with Crippen molar-refractivity contribution in [2.24, 2.45) is 5.92 Å². The van der Waals surface area contributed by atoms with E-state index >= 15 is 0 Å². The molecule has 0 aliphatic carbocycles. The molecule has 0 bridgehead atoms. The van der Waals surface area contributed by atoms with Crippen LogP contribution in [0.4, 0.5) is 11.5 Å². The Labute approximate surface area is 182 Å². The smallest absolute Gasteiger partial charge is 0.165 e. The predicted molar refractivity (Wildman–Crippen MR) is 124 cm³/mol. The summed E-state index contributed by atoms with van der Waals surface area (Å²) in [6, 6.07) is 16.1. The van der Waals surface area contributed by atoms with Crippen molar-refractivity contribution in [3.8, 4) is 11.4 Å². The topological polar surface area (TPSA) is 72.8 Å². The maximum absolute atomic E-state index is 5.80. The van der Waals surface area contributed by atoms with Gasteiger partial charge in [-0.15, -0.1) is 0 Å². The van der Waals surface area contributed by atoms with E-state index in [9.17, 15) is 0 Å². The molecule has 0 radical (unpaired) electrons. The quantitative estimate of drug-likeness (QED) is 0.424. The van der Waals surface area contributed by atoms with E-state index in [4.69, 9.17) is 19.7 Å². The van der Waals surface area contributed by atoms with Gasteiger partial charge < -0.3 is 10.1 Å². The molecule has 0 aliphatic rings. The maximum Gasteiger partial charge on any atom is 0.165 e. The standard InChI is InChI=1S/C25H27N5O/c1-16(2)14-31-15-22-29-24(27-20-10-6-5-8-17(20)3)19-11-12-21(28-25(19)30-22)23-18(4)9-7-13-26-23/h5-13,16H,14-15H2,1-4H3,(H,27,28,29,30). The van der Waals surface area contributed by atoms with Gasteiger partial charge in [0.05, 0.1) is 16.8 Å². The van der Waals surface area contributed by atoms with Crippen LogP contribution in [0.1, 0.15) is 30.8 Å². The van der Waals surface area contributed by atoms with Gasteiger partial charge in [0.15, 0.2) is 11.5 Å². The Bertz CT molecular complexity index is 1210. The molecule has 1 N–H and O–H groups in total. The molecule has 3 heterocycles. The summed E-state index contributed by atoms with van der Waals surface area (Å²) < 4.78 is 5.80. The van der Waals surface area contributed by atoms with Crippen LogP contribution in [0.3, 0.4) is 0 Å². The summed E-state index contributed by atoms with van der Waals surface area (Å²) in [5, 5.41) is 4.32. The summed E-state index contributed by atoms with van der Waals surface area (Å²) in [7, 11) is 0. The largest absolute Gasteiger partial charge is 0.373 e. The zero-order valence-corrected chi connectivity index (χ0v) is 18.4. The minimum absolute atomic E-state index is 0.338. The van der Waals surface area contributed by atoms with E-state index < -0.39 is 0 Å². The Morgan fingerprint density at radius 1 is 0.903 bits per heavy atom. The summed E-state index contributed by atoms with van der Waals surface area (Å²) in [6.45, 7) is 9.33. The van der Waals surface area contributed by atoms with Crippen molar-refractivity contribution in [2.45, 2.75) is 34.3 Å². The van der Waals surface area contributed by atoms with Gasteiger partial charge in [-0.1, -0.05) is 38.1 Å². The summed E-state index contributed by atoms with van der Waals surface area (Å²) in [5.74, 6) is 1.77. The zero-order valence-electron chi connectivity index (χ0n) is 18.4. The van der Waals surface area contributed by atoms with E-state index in [1.54, 1.807) is 6.20 Å². The number of pyridine rings is 2. The third-order valence-electron chi connectivity index (χ3n) is 4.94. The van der Waals surface area contributed by atoms with Gasteiger partial charge in [0.2, 0.25) is 0 Å². The Balaban J connectivity index is 1.78. The third kappa shape index (κ3) is 4.86. The number of ether oxygens (including phenoxy) is 1. The summed E-state index contributed by atoms with van der Waals surface area (Å²) in [4.78, 5) is 18.8. The Kier molecular flexibility index (Phi) is 6.18. The number of para-hydroxylation sites is 1. The van der Waals surface area contributed by atoms with Gasteiger partial charge in [-0.05, 0) is 55.2 Å². The van der Waals surface area contributed by atoms with Crippen molar-refractivity contribution in [3.05, 3.63) is 71.7 Å². The molecule has 158 valence electrons. The molecule has 6 heteroatoms. The molecule has 4 aromatic rings. The highest BCUT2D eigenvalue weighted by molar-refractivity contribution is 5.90. The molecule has 0 fully saturated rings. The SMILES string of the molecule is Cc1ccccc1Nc1nc(COCC(C)C)nc2nc(-c3ncccc3C)ccc12. The van der Waals surface area contributed by atoms with E-state index in [0.717, 1.165) is 39.4 Å². The van der Waals surface area contributed by atoms with Crippen molar-refractivity contribution >= 4 is 22.5 Å². The molecule has 1 aromatic carbocycles. The maximum atomic E-state index is 5.80. The fraction of sp³-hybridized carbons (Fsp3) is 0.280. The molecule has 0 atom stereocenters. The lowest BCUT2D eigenvalue weighted by Crippen LogP contribution is -2.08. The molecule has 31 heavy (non-hydrogen) atoms. The molecule has 0 amide bonds. The van der Waals surface area contributed by atoms with Gasteiger partial charge in [0.25, 0.3) is 0 Å². The number of hydrogen-bond acceptors (Lipinski definition) is 6. The lowest BCUT2D eigenvalue weighted by Gasteiger charge is -2.13. The van der Waals surface area contributed by atoms with Crippen LogP contribution in [0.25, 0.3) is 22.4 Å². The van der Waals surface area contributed by atoms with Gasteiger partial charge in [0, 0.05) is 18.5 Å². The normalized spacial score (nSPS) is 11.3. The van der Waals surface area contributed by atoms with E-state index in [2.05, 4.69) is 37.1 Å². The molecule has 3 aromatic heterocycles. The van der Waals surface area contributed by atoms with Crippen LogP contribution < -0.4 is 5.32 Å². The first-order valence-corrected chi connectivity index (χ1v) is 10.5. The van der Waals surface area contributed by atoms with Gasteiger partial charge in [0.1, 0.15) is 12.4 Å². The lowest BCUT2D eigenvalue weighted by atomic mass is 10.1. The number of aromatic nitrogens is 4. The van der Waals surface area contributed by atoms with E-state index in [1.807, 2.05) is 49.4 Å². The van der Waals surface area contributed by atoms with Crippen molar-refractivity contribution in [3.63, 3.8) is 0 Å². The van der Waals surface area contributed by atoms with Crippen LogP contribution in [0.2, 0.25) is 0 Å². The van der Waals surface area contributed by atoms with Gasteiger partial charge in [-0.2, -0.15) is 0 Å². The van der Waals surface area contributed by atoms with E-state index in [1.165, 1.54) is 0 Å². The van der Waals surface area contributed by atoms with Crippen LogP contribution in [-0.4, -0.2) is 26.5 Å². The second-order valence-corrected chi connectivity index (χ2v) is 8.07. The van der Waals surface area contributed by atoms with Crippen molar-refractivity contribution < 1.29 is 4.74 Å². The first-order valence-electron chi connectivity index (χ1n) is 10.5. The molecule has 0 aliphatic heterocycles. The monoisotopic (exact) mass is 413 g/mol. The number of aryl methyl sites for hydroxylation is 2. The number of anilines is 2. The Hall–Kier alpha value is -3.38. The highest BCUT2D eigenvalue weighted by Crippen LogP contribution is 2.28. The number of nitrogens with zero attached hydrogens (tertiary/aromatic N) is 4. The number of benzene rings is 1. The number of fused-ring (bicyclic) bond motifs is 1. The third-order valence-corrected chi connectivity index (χ3v) is 4.94. The van der Waals surface area contributed by atoms with E-state index in [-0.39, 0.29) is 0 Å². The van der Waals surface area contributed by atoms with Crippen LogP contribution in [0.15, 0.2) is 54.7 Å². The van der Waals surface area contributed by atoms with Crippen LogP contribution >= 0.6 is 0 Å². The highest BCUT2D eigenvalue weighted by Gasteiger charge is 2.13. The summed E-state index contributed by atoms with van der Waals surface area (Å²) >= 11 is 0. The molecule has 0 unspecified atom stereocenters. The van der Waals surface area contributed by atoms with Crippen molar-refractivity contribution in [2.75, 3.05) is 11.9 Å². The second kappa shape index (κ2) is 9.18. The van der Waals surface area contributed by atoms with Crippen LogP contribution in [0, 0.1) is 19.8 Å². The highest BCUT2D eigenvalue weighted by atomic mass is 16.5. The van der Waals surface area contributed by atoms with Gasteiger partial charge in [-0.25, -0.2) is 15.0 Å². The molecule has 4 rings (SSSR count). The fourth-order valence-electron chi connectivity index (χ4n) is 3.33. The average molecular weight is 414 g/mol. The second-order valence-electron chi connectivity index (χ2n) is 8.07. The first kappa shape index (κ1) is 20.9. The number of rotatable bonds is 7. The lowest BCUT2D eigenvalue weighted by molar-refractivity contribution is 0.0925. The zero-order chi connectivity index (χ0) is 21.8. The van der Waals surface area contributed by atoms with Crippen LogP contribution in [-0.2, 0) is 11.3 Å². The molecule has 0 spiro atoms. The van der Waals surface area contributed by atoms with Crippen molar-refractivity contribution in [1.82, 2.24) is 19.9 Å². The molecule has 0 saturated carbocycles. The van der Waals surface area contributed by atoms with E-state index in [0.29, 0.717) is 30.6 Å². The molecular weight excluding hydrogens is 386 g/mol. The average Bonchev–Trinajstić information content (AvgIpc) is 2.75. The molecule has 6 nitrogen and oxygen atoms in total. The fourth-order valence-corrected chi connectivity index (χ4v) is 3.33. The minimum atomic E-state index is 0.338. The Morgan fingerprint density at radius 2 is 1.71 bits per heavy atom. The van der Waals surface area contributed by atoms with Gasteiger partial charge in [-0.3, -0.25) is 4.98 Å².